The highest BCUT2D eigenvalue weighted by atomic mass is 32.2. The highest BCUT2D eigenvalue weighted by Crippen LogP contribution is 2.28. The number of benzene rings is 2. The standard InChI is InChI=1S/C22H25N3O2S2/c1-3-4-5-14-27-19-12-10-18(11-13-19)20(26)23-21-24-25-22(29-21)28-15-17-8-6-16(2)7-9-17/h6-13H,3-5,14-15H2,1-2H3,(H,23,24,26). The lowest BCUT2D eigenvalue weighted by atomic mass is 10.2. The maximum Gasteiger partial charge on any atom is 0.257 e. The van der Waals surface area contributed by atoms with Crippen LogP contribution in [0.15, 0.2) is 52.9 Å². The summed E-state index contributed by atoms with van der Waals surface area (Å²) in [7, 11) is 0. The lowest BCUT2D eigenvalue weighted by Crippen LogP contribution is -2.11. The lowest BCUT2D eigenvalue weighted by molar-refractivity contribution is 0.102. The Labute approximate surface area is 179 Å². The average Bonchev–Trinajstić information content (AvgIpc) is 3.18. The normalized spacial score (nSPS) is 10.7. The summed E-state index contributed by atoms with van der Waals surface area (Å²) in [6, 6.07) is 15.6. The van der Waals surface area contributed by atoms with E-state index < -0.39 is 0 Å². The fraction of sp³-hybridized carbons (Fsp3) is 0.318. The Kier molecular flexibility index (Phi) is 8.07. The molecule has 152 valence electrons. The quantitative estimate of drug-likeness (QED) is 0.246. The van der Waals surface area contributed by atoms with E-state index in [9.17, 15) is 4.79 Å². The third kappa shape index (κ3) is 6.87. The molecule has 0 aliphatic heterocycles. The van der Waals surface area contributed by atoms with Crippen molar-refractivity contribution in [3.63, 3.8) is 0 Å². The number of unbranched alkanes of at least 4 members (excludes halogenated alkanes) is 2. The fourth-order valence-electron chi connectivity index (χ4n) is 2.56. The Balaban J connectivity index is 1.48. The number of thioether (sulfide) groups is 1. The van der Waals surface area contributed by atoms with Gasteiger partial charge in [-0.15, -0.1) is 10.2 Å². The molecule has 0 unspecified atom stereocenters. The Bertz CT molecular complexity index is 909. The summed E-state index contributed by atoms with van der Waals surface area (Å²) in [6.07, 6.45) is 3.37. The smallest absolute Gasteiger partial charge is 0.257 e. The van der Waals surface area contributed by atoms with Crippen molar-refractivity contribution < 1.29 is 9.53 Å². The first-order valence-corrected chi connectivity index (χ1v) is 11.5. The van der Waals surface area contributed by atoms with Crippen LogP contribution in [0.25, 0.3) is 0 Å². The SMILES string of the molecule is CCCCCOc1ccc(C(=O)Nc2nnc(SCc3ccc(C)cc3)s2)cc1. The number of amides is 1. The van der Waals surface area contributed by atoms with E-state index in [1.54, 1.807) is 23.9 Å². The number of anilines is 1. The van der Waals surface area contributed by atoms with E-state index in [0.717, 1.165) is 28.7 Å². The number of ether oxygens (including phenoxy) is 1. The summed E-state index contributed by atoms with van der Waals surface area (Å²) in [5.41, 5.74) is 3.05. The zero-order valence-corrected chi connectivity index (χ0v) is 18.3. The van der Waals surface area contributed by atoms with Gasteiger partial charge in [-0.05, 0) is 43.2 Å². The molecule has 1 amide bonds. The Morgan fingerprint density at radius 1 is 1.07 bits per heavy atom. The molecule has 1 aromatic heterocycles. The summed E-state index contributed by atoms with van der Waals surface area (Å²) in [5, 5.41) is 11.5. The van der Waals surface area contributed by atoms with E-state index in [-0.39, 0.29) is 5.91 Å². The molecule has 7 heteroatoms. The van der Waals surface area contributed by atoms with Gasteiger partial charge in [0.1, 0.15) is 5.75 Å². The number of aryl methyl sites for hydroxylation is 1. The van der Waals surface area contributed by atoms with Gasteiger partial charge in [0.2, 0.25) is 5.13 Å². The molecule has 0 atom stereocenters. The topological polar surface area (TPSA) is 64.1 Å². The molecule has 0 fully saturated rings. The number of hydrogen-bond acceptors (Lipinski definition) is 6. The summed E-state index contributed by atoms with van der Waals surface area (Å²) >= 11 is 2.99. The Morgan fingerprint density at radius 3 is 2.55 bits per heavy atom. The molecule has 2 aromatic carbocycles. The molecule has 0 saturated heterocycles. The first-order valence-electron chi connectivity index (χ1n) is 9.70. The van der Waals surface area contributed by atoms with Crippen LogP contribution >= 0.6 is 23.1 Å². The zero-order valence-electron chi connectivity index (χ0n) is 16.7. The minimum absolute atomic E-state index is 0.200. The highest BCUT2D eigenvalue weighted by molar-refractivity contribution is 8.00. The predicted molar refractivity (Wildman–Crippen MR) is 120 cm³/mol. The molecule has 0 bridgehead atoms. The number of rotatable bonds is 10. The molecular formula is C22H25N3O2S2. The number of carbonyl (C=O) groups excluding carboxylic acids is 1. The van der Waals surface area contributed by atoms with Crippen molar-refractivity contribution in [1.82, 2.24) is 10.2 Å². The van der Waals surface area contributed by atoms with Crippen LogP contribution in [-0.2, 0) is 5.75 Å². The third-order valence-electron chi connectivity index (χ3n) is 4.24. The van der Waals surface area contributed by atoms with Crippen LogP contribution in [0.1, 0.15) is 47.7 Å². The second-order valence-corrected chi connectivity index (χ2v) is 8.88. The first-order chi connectivity index (χ1) is 14.1. The van der Waals surface area contributed by atoms with Crippen molar-refractivity contribution in [3.8, 4) is 5.75 Å². The molecule has 0 saturated carbocycles. The summed E-state index contributed by atoms with van der Waals surface area (Å²) < 4.78 is 6.51. The van der Waals surface area contributed by atoms with Gasteiger partial charge in [-0.1, -0.05) is 72.7 Å². The maximum atomic E-state index is 12.4. The van der Waals surface area contributed by atoms with E-state index in [0.29, 0.717) is 17.3 Å². The second kappa shape index (κ2) is 11.0. The molecule has 3 aromatic rings. The Morgan fingerprint density at radius 2 is 1.83 bits per heavy atom. The third-order valence-corrected chi connectivity index (χ3v) is 6.29. The van der Waals surface area contributed by atoms with Gasteiger partial charge in [0.25, 0.3) is 5.91 Å². The number of aromatic nitrogens is 2. The van der Waals surface area contributed by atoms with E-state index in [1.165, 1.54) is 28.9 Å². The van der Waals surface area contributed by atoms with Gasteiger partial charge >= 0.3 is 0 Å². The Hall–Kier alpha value is -2.38. The molecule has 3 rings (SSSR count). The average molecular weight is 428 g/mol. The van der Waals surface area contributed by atoms with Crippen LogP contribution in [0, 0.1) is 6.92 Å². The van der Waals surface area contributed by atoms with Crippen molar-refractivity contribution in [3.05, 3.63) is 65.2 Å². The molecule has 0 aliphatic carbocycles. The minimum Gasteiger partial charge on any atom is -0.494 e. The van der Waals surface area contributed by atoms with Gasteiger partial charge in [0, 0.05) is 11.3 Å². The number of carbonyl (C=O) groups is 1. The fourth-order valence-corrected chi connectivity index (χ4v) is 4.26. The lowest BCUT2D eigenvalue weighted by Gasteiger charge is -2.06. The summed E-state index contributed by atoms with van der Waals surface area (Å²) in [5.74, 6) is 1.40. The van der Waals surface area contributed by atoms with Crippen molar-refractivity contribution in [1.29, 1.82) is 0 Å². The number of nitrogens with one attached hydrogen (secondary N) is 1. The van der Waals surface area contributed by atoms with Crippen LogP contribution in [0.4, 0.5) is 5.13 Å². The second-order valence-electron chi connectivity index (χ2n) is 6.68. The molecule has 1 N–H and O–H groups in total. The maximum absolute atomic E-state index is 12.4. The largest absolute Gasteiger partial charge is 0.494 e. The highest BCUT2D eigenvalue weighted by Gasteiger charge is 2.11. The van der Waals surface area contributed by atoms with Gasteiger partial charge in [-0.3, -0.25) is 10.1 Å². The first kappa shape index (κ1) is 21.3. The van der Waals surface area contributed by atoms with Gasteiger partial charge in [0.15, 0.2) is 4.34 Å². The van der Waals surface area contributed by atoms with Crippen LogP contribution in [-0.4, -0.2) is 22.7 Å². The molecule has 29 heavy (non-hydrogen) atoms. The minimum atomic E-state index is -0.200. The number of hydrogen-bond donors (Lipinski definition) is 1. The van der Waals surface area contributed by atoms with Gasteiger partial charge in [-0.25, -0.2) is 0 Å². The van der Waals surface area contributed by atoms with E-state index in [4.69, 9.17) is 4.74 Å². The van der Waals surface area contributed by atoms with Gasteiger partial charge in [-0.2, -0.15) is 0 Å². The zero-order chi connectivity index (χ0) is 20.5. The van der Waals surface area contributed by atoms with Crippen LogP contribution in [0.5, 0.6) is 5.75 Å². The van der Waals surface area contributed by atoms with Crippen molar-refractivity contribution >= 4 is 34.1 Å². The van der Waals surface area contributed by atoms with Crippen molar-refractivity contribution in [2.24, 2.45) is 0 Å². The van der Waals surface area contributed by atoms with Crippen molar-refractivity contribution in [2.45, 2.75) is 43.2 Å². The predicted octanol–water partition coefficient (Wildman–Crippen LogP) is 5.96. The van der Waals surface area contributed by atoms with E-state index >= 15 is 0 Å². The molecule has 0 aliphatic rings. The van der Waals surface area contributed by atoms with Crippen LogP contribution < -0.4 is 10.1 Å². The van der Waals surface area contributed by atoms with Gasteiger partial charge < -0.3 is 4.74 Å². The molecular weight excluding hydrogens is 402 g/mol. The molecule has 1 heterocycles. The van der Waals surface area contributed by atoms with Crippen LogP contribution in [0.3, 0.4) is 0 Å². The van der Waals surface area contributed by atoms with E-state index in [1.807, 2.05) is 12.1 Å². The molecule has 5 nitrogen and oxygen atoms in total. The van der Waals surface area contributed by atoms with Crippen LogP contribution in [0.2, 0.25) is 0 Å². The monoisotopic (exact) mass is 427 g/mol. The van der Waals surface area contributed by atoms with Gasteiger partial charge in [0.05, 0.1) is 6.61 Å². The summed E-state index contributed by atoms with van der Waals surface area (Å²) in [6.45, 7) is 4.94. The summed E-state index contributed by atoms with van der Waals surface area (Å²) in [4.78, 5) is 12.4. The van der Waals surface area contributed by atoms with Crippen molar-refractivity contribution in [2.75, 3.05) is 11.9 Å². The number of nitrogens with zero attached hydrogens (tertiary/aromatic N) is 2. The molecule has 0 radical (unpaired) electrons. The molecule has 0 spiro atoms. The van der Waals surface area contributed by atoms with E-state index in [2.05, 4.69) is 53.6 Å².